The minimum atomic E-state index is -0.188. The number of halogens is 1. The van der Waals surface area contributed by atoms with Gasteiger partial charge in [-0.05, 0) is 37.1 Å². The van der Waals surface area contributed by atoms with E-state index in [9.17, 15) is 4.39 Å². The fourth-order valence-corrected chi connectivity index (χ4v) is 2.21. The van der Waals surface area contributed by atoms with Crippen LogP contribution in [0.3, 0.4) is 0 Å². The summed E-state index contributed by atoms with van der Waals surface area (Å²) < 4.78 is 18.8. The van der Waals surface area contributed by atoms with Crippen molar-refractivity contribution in [2.24, 2.45) is 0 Å². The largest absolute Gasteiger partial charge is 0.373 e. The second-order valence-corrected chi connectivity index (χ2v) is 4.19. The summed E-state index contributed by atoms with van der Waals surface area (Å²) in [6, 6.07) is 7.20. The molecular formula is C13H18FNO. The second kappa shape index (κ2) is 5.41. The molecule has 1 aromatic rings. The number of benzene rings is 1. The van der Waals surface area contributed by atoms with Gasteiger partial charge in [-0.25, -0.2) is 4.39 Å². The molecule has 1 aliphatic rings. The van der Waals surface area contributed by atoms with E-state index in [1.807, 2.05) is 6.07 Å². The summed E-state index contributed by atoms with van der Waals surface area (Å²) in [7, 11) is 0. The zero-order chi connectivity index (χ0) is 11.4. The van der Waals surface area contributed by atoms with Gasteiger partial charge in [-0.3, -0.25) is 0 Å². The zero-order valence-corrected chi connectivity index (χ0v) is 9.58. The lowest BCUT2D eigenvalue weighted by Gasteiger charge is -2.30. The van der Waals surface area contributed by atoms with Crippen molar-refractivity contribution < 1.29 is 9.13 Å². The van der Waals surface area contributed by atoms with Gasteiger partial charge in [0.25, 0.3) is 0 Å². The van der Waals surface area contributed by atoms with E-state index in [0.717, 1.165) is 31.6 Å². The SMILES string of the molecule is CCNC1CCOC(c2cccc(F)c2)C1. The molecule has 2 nitrogen and oxygen atoms in total. The van der Waals surface area contributed by atoms with Gasteiger partial charge in [-0.15, -0.1) is 0 Å². The molecule has 2 rings (SSSR count). The first-order valence-corrected chi connectivity index (χ1v) is 5.90. The fraction of sp³-hybridized carbons (Fsp3) is 0.538. The molecule has 88 valence electrons. The van der Waals surface area contributed by atoms with E-state index in [0.29, 0.717) is 6.04 Å². The number of hydrogen-bond acceptors (Lipinski definition) is 2. The van der Waals surface area contributed by atoms with Crippen molar-refractivity contribution in [2.75, 3.05) is 13.2 Å². The molecule has 0 spiro atoms. The monoisotopic (exact) mass is 223 g/mol. The Labute approximate surface area is 95.8 Å². The first kappa shape index (κ1) is 11.6. The first-order chi connectivity index (χ1) is 7.79. The standard InChI is InChI=1S/C13H18FNO/c1-2-15-12-6-7-16-13(9-12)10-4-3-5-11(14)8-10/h3-5,8,12-13,15H,2,6-7,9H2,1H3. The molecule has 2 atom stereocenters. The summed E-state index contributed by atoms with van der Waals surface area (Å²) in [6.45, 7) is 3.83. The van der Waals surface area contributed by atoms with Crippen LogP contribution in [0.15, 0.2) is 24.3 Å². The van der Waals surface area contributed by atoms with Crippen LogP contribution in [-0.2, 0) is 4.74 Å². The highest BCUT2D eigenvalue weighted by Crippen LogP contribution is 2.28. The van der Waals surface area contributed by atoms with E-state index in [1.54, 1.807) is 12.1 Å². The fourth-order valence-electron chi connectivity index (χ4n) is 2.21. The van der Waals surface area contributed by atoms with Crippen LogP contribution in [0, 0.1) is 5.82 Å². The first-order valence-electron chi connectivity index (χ1n) is 5.90. The Kier molecular flexibility index (Phi) is 3.91. The minimum absolute atomic E-state index is 0.0356. The molecule has 0 radical (unpaired) electrons. The maximum absolute atomic E-state index is 13.1. The lowest BCUT2D eigenvalue weighted by molar-refractivity contribution is 0.000438. The predicted octanol–water partition coefficient (Wildman–Crippen LogP) is 2.66. The van der Waals surface area contributed by atoms with Crippen molar-refractivity contribution in [3.63, 3.8) is 0 Å². The van der Waals surface area contributed by atoms with Crippen LogP contribution in [0.5, 0.6) is 0 Å². The van der Waals surface area contributed by atoms with Gasteiger partial charge in [0, 0.05) is 12.6 Å². The number of ether oxygens (including phenoxy) is 1. The predicted molar refractivity (Wildman–Crippen MR) is 61.8 cm³/mol. The highest BCUT2D eigenvalue weighted by molar-refractivity contribution is 5.19. The molecule has 1 aromatic carbocycles. The Morgan fingerprint density at radius 3 is 3.12 bits per heavy atom. The normalized spacial score (nSPS) is 25.6. The van der Waals surface area contributed by atoms with Crippen LogP contribution in [-0.4, -0.2) is 19.2 Å². The molecule has 0 bridgehead atoms. The van der Waals surface area contributed by atoms with Gasteiger partial charge in [0.2, 0.25) is 0 Å². The lowest BCUT2D eigenvalue weighted by atomic mass is 9.97. The van der Waals surface area contributed by atoms with Gasteiger partial charge in [0.15, 0.2) is 0 Å². The average Bonchev–Trinajstić information content (AvgIpc) is 2.30. The third kappa shape index (κ3) is 2.80. The summed E-state index contributed by atoms with van der Waals surface area (Å²) in [4.78, 5) is 0. The minimum Gasteiger partial charge on any atom is -0.373 e. The molecule has 3 heteroatoms. The van der Waals surface area contributed by atoms with E-state index in [1.165, 1.54) is 6.07 Å². The van der Waals surface area contributed by atoms with Gasteiger partial charge in [0.05, 0.1) is 6.10 Å². The molecule has 0 aliphatic carbocycles. The van der Waals surface area contributed by atoms with Crippen LogP contribution < -0.4 is 5.32 Å². The molecule has 0 amide bonds. The van der Waals surface area contributed by atoms with Crippen LogP contribution >= 0.6 is 0 Å². The molecule has 1 N–H and O–H groups in total. The highest BCUT2D eigenvalue weighted by Gasteiger charge is 2.23. The van der Waals surface area contributed by atoms with E-state index in [-0.39, 0.29) is 11.9 Å². The molecule has 1 saturated heterocycles. The molecule has 1 fully saturated rings. The quantitative estimate of drug-likeness (QED) is 0.850. The molecule has 16 heavy (non-hydrogen) atoms. The Bertz CT molecular complexity index is 340. The third-order valence-electron chi connectivity index (χ3n) is 3.00. The van der Waals surface area contributed by atoms with Crippen LogP contribution in [0.1, 0.15) is 31.4 Å². The zero-order valence-electron chi connectivity index (χ0n) is 9.58. The number of nitrogens with one attached hydrogen (secondary N) is 1. The van der Waals surface area contributed by atoms with Crippen LogP contribution in [0.4, 0.5) is 4.39 Å². The van der Waals surface area contributed by atoms with E-state index in [2.05, 4.69) is 12.2 Å². The summed E-state index contributed by atoms with van der Waals surface area (Å²) in [5.74, 6) is -0.188. The summed E-state index contributed by atoms with van der Waals surface area (Å²) in [6.07, 6.45) is 2.00. The topological polar surface area (TPSA) is 21.3 Å². The molecule has 1 aliphatic heterocycles. The Hall–Kier alpha value is -0.930. The third-order valence-corrected chi connectivity index (χ3v) is 3.00. The van der Waals surface area contributed by atoms with Gasteiger partial charge in [-0.1, -0.05) is 19.1 Å². The maximum Gasteiger partial charge on any atom is 0.123 e. The van der Waals surface area contributed by atoms with Gasteiger partial charge < -0.3 is 10.1 Å². The molecule has 0 aromatic heterocycles. The molecule has 0 saturated carbocycles. The molecular weight excluding hydrogens is 205 g/mol. The number of rotatable bonds is 3. The van der Waals surface area contributed by atoms with Crippen molar-refractivity contribution in [3.05, 3.63) is 35.6 Å². The molecule has 1 heterocycles. The lowest BCUT2D eigenvalue weighted by Crippen LogP contribution is -2.35. The Morgan fingerprint density at radius 2 is 2.38 bits per heavy atom. The average molecular weight is 223 g/mol. The van der Waals surface area contributed by atoms with Gasteiger partial charge in [-0.2, -0.15) is 0 Å². The van der Waals surface area contributed by atoms with Gasteiger partial charge in [0.1, 0.15) is 5.82 Å². The van der Waals surface area contributed by atoms with Crippen molar-refractivity contribution in [1.29, 1.82) is 0 Å². The van der Waals surface area contributed by atoms with Crippen molar-refractivity contribution in [2.45, 2.75) is 31.9 Å². The summed E-state index contributed by atoms with van der Waals surface area (Å²) in [5.41, 5.74) is 0.947. The number of hydrogen-bond donors (Lipinski definition) is 1. The van der Waals surface area contributed by atoms with E-state index in [4.69, 9.17) is 4.74 Å². The van der Waals surface area contributed by atoms with Gasteiger partial charge >= 0.3 is 0 Å². The molecule has 2 unspecified atom stereocenters. The smallest absolute Gasteiger partial charge is 0.123 e. The highest BCUT2D eigenvalue weighted by atomic mass is 19.1. The van der Waals surface area contributed by atoms with Crippen molar-refractivity contribution in [3.8, 4) is 0 Å². The van der Waals surface area contributed by atoms with Crippen LogP contribution in [0.2, 0.25) is 0 Å². The maximum atomic E-state index is 13.1. The van der Waals surface area contributed by atoms with Crippen LogP contribution in [0.25, 0.3) is 0 Å². The second-order valence-electron chi connectivity index (χ2n) is 4.19. The Morgan fingerprint density at radius 1 is 1.50 bits per heavy atom. The van der Waals surface area contributed by atoms with Crippen molar-refractivity contribution >= 4 is 0 Å². The van der Waals surface area contributed by atoms with Crippen molar-refractivity contribution in [1.82, 2.24) is 5.32 Å². The summed E-state index contributed by atoms with van der Waals surface area (Å²) in [5, 5.41) is 3.43. The summed E-state index contributed by atoms with van der Waals surface area (Å²) >= 11 is 0. The van der Waals surface area contributed by atoms with E-state index >= 15 is 0 Å². The van der Waals surface area contributed by atoms with E-state index < -0.39 is 0 Å². The Balaban J connectivity index is 2.03.